The third-order valence-electron chi connectivity index (χ3n) is 8.12. The molecule has 1 heterocycles. The number of carbonyl (C=O) groups excluding carboxylic acids is 1. The summed E-state index contributed by atoms with van der Waals surface area (Å²) >= 11 is 0. The van der Waals surface area contributed by atoms with E-state index in [0.29, 0.717) is 25.4 Å². The van der Waals surface area contributed by atoms with Gasteiger partial charge in [0.05, 0.1) is 19.8 Å². The number of ketones is 1. The van der Waals surface area contributed by atoms with E-state index in [2.05, 4.69) is 18.9 Å². The number of benzene rings is 1. The zero-order valence-electron chi connectivity index (χ0n) is 18.3. The number of carbonyl (C=O) groups is 1. The van der Waals surface area contributed by atoms with Crippen molar-refractivity contribution >= 4 is 5.78 Å². The number of hydrogen-bond donors (Lipinski definition) is 1. The fraction of sp³-hybridized carbons (Fsp3) is 0.519. The third-order valence-corrected chi connectivity index (χ3v) is 8.12. The van der Waals surface area contributed by atoms with E-state index in [1.54, 1.807) is 7.11 Å². The smallest absolute Gasteiger partial charge is 0.163 e. The van der Waals surface area contributed by atoms with E-state index in [-0.39, 0.29) is 17.8 Å². The molecule has 4 nitrogen and oxygen atoms in total. The molecule has 0 aromatic heterocycles. The highest BCUT2D eigenvalue weighted by Crippen LogP contribution is 2.58. The van der Waals surface area contributed by atoms with Gasteiger partial charge in [0.15, 0.2) is 5.78 Å². The first kappa shape index (κ1) is 20.5. The molecule has 0 saturated carbocycles. The van der Waals surface area contributed by atoms with E-state index in [0.717, 1.165) is 53.7 Å². The second-order valence-corrected chi connectivity index (χ2v) is 9.78. The molecule has 31 heavy (non-hydrogen) atoms. The highest BCUT2D eigenvalue weighted by atomic mass is 16.5. The van der Waals surface area contributed by atoms with E-state index in [4.69, 9.17) is 15.9 Å². The number of aliphatic hydroxyl groups is 1. The number of terminal acetylenes is 1. The first-order valence-corrected chi connectivity index (χ1v) is 11.3. The van der Waals surface area contributed by atoms with E-state index in [1.165, 1.54) is 0 Å². The lowest BCUT2D eigenvalue weighted by Gasteiger charge is -2.51. The summed E-state index contributed by atoms with van der Waals surface area (Å²) in [6, 6.07) is 7.93. The third kappa shape index (κ3) is 3.10. The van der Waals surface area contributed by atoms with E-state index >= 15 is 0 Å². The number of methoxy groups -OCH3 is 1. The average Bonchev–Trinajstić information content (AvgIpc) is 3.20. The predicted molar refractivity (Wildman–Crippen MR) is 118 cm³/mol. The van der Waals surface area contributed by atoms with Gasteiger partial charge in [-0.25, -0.2) is 0 Å². The minimum Gasteiger partial charge on any atom is -0.497 e. The quantitative estimate of drug-likeness (QED) is 0.717. The van der Waals surface area contributed by atoms with Crippen molar-refractivity contribution in [2.75, 3.05) is 13.7 Å². The first-order chi connectivity index (χ1) is 14.9. The minimum atomic E-state index is -1.39. The fourth-order valence-electron chi connectivity index (χ4n) is 6.37. The van der Waals surface area contributed by atoms with E-state index < -0.39 is 11.0 Å². The molecule has 3 aliphatic carbocycles. The Labute approximate surface area is 184 Å². The van der Waals surface area contributed by atoms with Crippen LogP contribution in [-0.2, 0) is 9.53 Å². The largest absolute Gasteiger partial charge is 0.497 e. The average molecular weight is 419 g/mol. The number of hydrogen-bond acceptors (Lipinski definition) is 4. The summed E-state index contributed by atoms with van der Waals surface area (Å²) in [5.41, 5.74) is 1.86. The van der Waals surface area contributed by atoms with Crippen LogP contribution in [0.1, 0.15) is 57.1 Å². The van der Waals surface area contributed by atoms with Gasteiger partial charge in [0.1, 0.15) is 11.4 Å². The van der Waals surface area contributed by atoms with Crippen LogP contribution < -0.4 is 4.74 Å². The van der Waals surface area contributed by atoms with Gasteiger partial charge in [0.2, 0.25) is 0 Å². The molecule has 4 heteroatoms. The van der Waals surface area contributed by atoms with Gasteiger partial charge in [-0.3, -0.25) is 4.79 Å². The number of allylic oxidation sites excluding steroid dienone is 3. The van der Waals surface area contributed by atoms with Crippen LogP contribution >= 0.6 is 0 Å². The molecule has 1 aliphatic heterocycles. The van der Waals surface area contributed by atoms with Gasteiger partial charge in [-0.05, 0) is 72.8 Å². The summed E-state index contributed by atoms with van der Waals surface area (Å²) in [6.07, 6.45) is 12.6. The summed E-state index contributed by atoms with van der Waals surface area (Å²) in [5, 5.41) is 11.6. The molecular formula is C27H30O4. The van der Waals surface area contributed by atoms with Crippen molar-refractivity contribution in [2.24, 2.45) is 17.3 Å². The van der Waals surface area contributed by atoms with Crippen LogP contribution in [0, 0.1) is 29.6 Å². The monoisotopic (exact) mass is 418 g/mol. The van der Waals surface area contributed by atoms with Crippen molar-refractivity contribution in [3.8, 4) is 18.1 Å². The first-order valence-electron chi connectivity index (χ1n) is 11.3. The van der Waals surface area contributed by atoms with Crippen molar-refractivity contribution in [1.29, 1.82) is 0 Å². The number of ether oxygens (including phenoxy) is 2. The highest BCUT2D eigenvalue weighted by Gasteiger charge is 2.56. The molecule has 0 spiro atoms. The molecular weight excluding hydrogens is 388 g/mol. The second kappa shape index (κ2) is 7.36. The lowest BCUT2D eigenvalue weighted by molar-refractivity contribution is -0.128. The molecule has 5 atom stereocenters. The summed E-state index contributed by atoms with van der Waals surface area (Å²) in [5.74, 6) is 4.05. The van der Waals surface area contributed by atoms with Gasteiger partial charge in [-0.1, -0.05) is 31.1 Å². The molecule has 1 N–H and O–H groups in total. The topological polar surface area (TPSA) is 55.8 Å². The van der Waals surface area contributed by atoms with Gasteiger partial charge < -0.3 is 14.6 Å². The summed E-state index contributed by atoms with van der Waals surface area (Å²) in [4.78, 5) is 13.5. The van der Waals surface area contributed by atoms with Crippen LogP contribution in [-0.4, -0.2) is 30.2 Å². The van der Waals surface area contributed by atoms with Crippen LogP contribution in [0.3, 0.4) is 0 Å². The summed E-state index contributed by atoms with van der Waals surface area (Å²) in [7, 11) is 1.65. The number of Topliss-reactive ketones (excluding diaryl/α,β-unsaturated/α-hetero) is 1. The molecule has 162 valence electrons. The molecule has 5 rings (SSSR count). The van der Waals surface area contributed by atoms with Crippen molar-refractivity contribution in [3.63, 3.8) is 0 Å². The molecule has 1 saturated heterocycles. The SMILES string of the molecule is C#CC1(O)CCC2CCC=C2C2=C1C1(C)COC(c3ccc(OC)cc3)CC1CC2=O. The Kier molecular flexibility index (Phi) is 4.88. The van der Waals surface area contributed by atoms with Gasteiger partial charge in [0.25, 0.3) is 0 Å². The Morgan fingerprint density at radius 1 is 1.26 bits per heavy atom. The van der Waals surface area contributed by atoms with Crippen LogP contribution in [0.15, 0.2) is 47.1 Å². The second-order valence-electron chi connectivity index (χ2n) is 9.78. The van der Waals surface area contributed by atoms with Gasteiger partial charge >= 0.3 is 0 Å². The van der Waals surface area contributed by atoms with Gasteiger partial charge in [0, 0.05) is 17.4 Å². The molecule has 0 bridgehead atoms. The molecule has 1 fully saturated rings. The molecule has 5 unspecified atom stereocenters. The maximum atomic E-state index is 13.5. The standard InChI is InChI=1S/C27H30O4/c1-4-27(29)13-12-17-6-5-7-21(17)24-22(28)14-19-15-23(31-16-26(19,2)25(24)27)18-8-10-20(30-3)11-9-18/h1,7-11,17,19,23,29H,5-6,12-16H2,2-3H3. The molecule has 1 aromatic carbocycles. The van der Waals surface area contributed by atoms with Crippen molar-refractivity contribution in [1.82, 2.24) is 0 Å². The van der Waals surface area contributed by atoms with Crippen molar-refractivity contribution in [3.05, 3.63) is 52.6 Å². The Balaban J connectivity index is 1.55. The number of fused-ring (bicyclic) bond motifs is 4. The van der Waals surface area contributed by atoms with Crippen molar-refractivity contribution in [2.45, 2.75) is 57.2 Å². The lowest BCUT2D eigenvalue weighted by Crippen LogP contribution is -2.51. The molecule has 0 amide bonds. The minimum absolute atomic E-state index is 0.0814. The normalized spacial score (nSPS) is 37.2. The predicted octanol–water partition coefficient (Wildman–Crippen LogP) is 4.54. The zero-order valence-corrected chi connectivity index (χ0v) is 18.3. The maximum absolute atomic E-state index is 13.5. The van der Waals surface area contributed by atoms with Crippen LogP contribution in [0.4, 0.5) is 0 Å². The van der Waals surface area contributed by atoms with Gasteiger partial charge in [-0.2, -0.15) is 0 Å². The van der Waals surface area contributed by atoms with Crippen LogP contribution in [0.5, 0.6) is 5.75 Å². The lowest BCUT2D eigenvalue weighted by atomic mass is 9.57. The summed E-state index contributed by atoms with van der Waals surface area (Å²) < 4.78 is 11.7. The van der Waals surface area contributed by atoms with E-state index in [9.17, 15) is 9.90 Å². The van der Waals surface area contributed by atoms with Crippen molar-refractivity contribution < 1.29 is 19.4 Å². The Bertz CT molecular complexity index is 1010. The highest BCUT2D eigenvalue weighted by molar-refractivity contribution is 6.02. The number of rotatable bonds is 2. The zero-order chi connectivity index (χ0) is 21.8. The molecule has 0 radical (unpaired) electrons. The maximum Gasteiger partial charge on any atom is 0.163 e. The summed E-state index contributed by atoms with van der Waals surface area (Å²) in [6.45, 7) is 2.59. The van der Waals surface area contributed by atoms with Crippen LogP contribution in [0.2, 0.25) is 0 Å². The molecule has 1 aromatic rings. The van der Waals surface area contributed by atoms with E-state index in [1.807, 2.05) is 24.3 Å². The Hall–Kier alpha value is -2.35. The van der Waals surface area contributed by atoms with Crippen LogP contribution in [0.25, 0.3) is 0 Å². The fourth-order valence-corrected chi connectivity index (χ4v) is 6.37. The Morgan fingerprint density at radius 2 is 2.03 bits per heavy atom. The van der Waals surface area contributed by atoms with Gasteiger partial charge in [-0.15, -0.1) is 6.42 Å². The molecule has 4 aliphatic rings. The Morgan fingerprint density at radius 3 is 2.74 bits per heavy atom.